The first kappa shape index (κ1) is 20.3. The van der Waals surface area contributed by atoms with Gasteiger partial charge in [-0.1, -0.05) is 29.8 Å². The molecular formula is C24H23ClFN2O2+. The number of quaternary nitrogens is 1. The van der Waals surface area contributed by atoms with Gasteiger partial charge in [0.05, 0.1) is 12.2 Å². The van der Waals surface area contributed by atoms with E-state index in [1.807, 2.05) is 43.3 Å². The lowest BCUT2D eigenvalue weighted by molar-refractivity contribution is -0.731. The van der Waals surface area contributed by atoms with E-state index in [0.29, 0.717) is 17.4 Å². The molecule has 154 valence electrons. The quantitative estimate of drug-likeness (QED) is 0.563. The van der Waals surface area contributed by atoms with Crippen molar-refractivity contribution in [3.05, 3.63) is 100 Å². The summed E-state index contributed by atoms with van der Waals surface area (Å²) in [6.07, 6.45) is 1.90. The smallest absolute Gasteiger partial charge is 0.186 e. The summed E-state index contributed by atoms with van der Waals surface area (Å²) in [5.41, 5.74) is 3.57. The molecule has 3 aromatic carbocycles. The van der Waals surface area contributed by atoms with Crippen molar-refractivity contribution < 1.29 is 19.6 Å². The van der Waals surface area contributed by atoms with Crippen molar-refractivity contribution in [3.8, 4) is 11.5 Å². The Morgan fingerprint density at radius 1 is 1.07 bits per heavy atom. The highest BCUT2D eigenvalue weighted by molar-refractivity contribution is 6.30. The molecule has 0 amide bonds. The lowest BCUT2D eigenvalue weighted by atomic mass is 9.97. The van der Waals surface area contributed by atoms with E-state index < -0.39 is 0 Å². The van der Waals surface area contributed by atoms with Gasteiger partial charge in [-0.15, -0.1) is 0 Å². The molecule has 4 rings (SSSR count). The number of halogens is 2. The molecule has 0 bridgehead atoms. The van der Waals surface area contributed by atoms with Crippen LogP contribution in [0.1, 0.15) is 35.8 Å². The van der Waals surface area contributed by atoms with E-state index in [1.54, 1.807) is 18.2 Å². The van der Waals surface area contributed by atoms with Crippen LogP contribution in [-0.4, -0.2) is 11.7 Å². The van der Waals surface area contributed by atoms with Crippen LogP contribution >= 0.6 is 11.6 Å². The normalized spacial score (nSPS) is 18.4. The van der Waals surface area contributed by atoms with Crippen molar-refractivity contribution in [2.45, 2.75) is 19.1 Å². The lowest BCUT2D eigenvalue weighted by Gasteiger charge is -2.30. The minimum absolute atomic E-state index is 0.132. The molecule has 1 heterocycles. The zero-order chi connectivity index (χ0) is 21.1. The van der Waals surface area contributed by atoms with Crippen LogP contribution in [0.3, 0.4) is 0 Å². The van der Waals surface area contributed by atoms with E-state index in [1.165, 1.54) is 12.1 Å². The maximum atomic E-state index is 13.4. The van der Waals surface area contributed by atoms with Crippen LogP contribution in [0.15, 0.2) is 72.8 Å². The largest absolute Gasteiger partial charge is 0.504 e. The van der Waals surface area contributed by atoms with Crippen LogP contribution in [0.4, 0.5) is 4.39 Å². The maximum Gasteiger partial charge on any atom is 0.186 e. The van der Waals surface area contributed by atoms with Crippen molar-refractivity contribution in [3.63, 3.8) is 0 Å². The highest BCUT2D eigenvalue weighted by Crippen LogP contribution is 2.35. The fourth-order valence-corrected chi connectivity index (χ4v) is 3.78. The first-order valence-corrected chi connectivity index (χ1v) is 10.2. The molecule has 0 spiro atoms. The zero-order valence-electron chi connectivity index (χ0n) is 16.5. The fourth-order valence-electron chi connectivity index (χ4n) is 3.65. The molecule has 2 atom stereocenters. The number of phenols is 1. The second-order valence-corrected chi connectivity index (χ2v) is 7.54. The zero-order valence-corrected chi connectivity index (χ0v) is 17.2. The van der Waals surface area contributed by atoms with E-state index in [-0.39, 0.29) is 23.8 Å². The first-order chi connectivity index (χ1) is 14.5. The third-order valence-electron chi connectivity index (χ3n) is 5.13. The second kappa shape index (κ2) is 8.78. The molecule has 0 saturated heterocycles. The van der Waals surface area contributed by atoms with Gasteiger partial charge in [0.25, 0.3) is 0 Å². The standard InChI is InChI=1S/C24H22ClFN2O2/c1-2-30-22-5-3-4-19(23(22)29)21-14-20(15-6-10-17(25)11-7-15)27-24(28-21)16-8-12-18(26)13-9-16/h3-14,21,24,27-29H,2H2,1H3/p+1. The summed E-state index contributed by atoms with van der Waals surface area (Å²) >= 11 is 6.05. The van der Waals surface area contributed by atoms with Gasteiger partial charge in [-0.3, -0.25) is 0 Å². The minimum atomic E-state index is -0.276. The molecule has 0 fully saturated rings. The Morgan fingerprint density at radius 3 is 2.50 bits per heavy atom. The summed E-state index contributed by atoms with van der Waals surface area (Å²) in [7, 11) is 0. The number of aromatic hydroxyl groups is 1. The molecule has 2 unspecified atom stereocenters. The second-order valence-electron chi connectivity index (χ2n) is 7.11. The average Bonchev–Trinajstić information content (AvgIpc) is 2.76. The van der Waals surface area contributed by atoms with Crippen LogP contribution in [-0.2, 0) is 0 Å². The number of ether oxygens (including phenoxy) is 1. The molecule has 0 radical (unpaired) electrons. The number of phenolic OH excluding ortho intramolecular Hbond substituents is 1. The number of benzene rings is 3. The molecule has 1 aliphatic rings. The lowest BCUT2D eigenvalue weighted by Crippen LogP contribution is -2.89. The van der Waals surface area contributed by atoms with Crippen molar-refractivity contribution in [2.24, 2.45) is 0 Å². The Kier molecular flexibility index (Phi) is 5.93. The third-order valence-corrected chi connectivity index (χ3v) is 5.38. The number of nitrogens with two attached hydrogens (primary N) is 1. The molecular weight excluding hydrogens is 403 g/mol. The van der Waals surface area contributed by atoms with E-state index in [2.05, 4.69) is 16.7 Å². The average molecular weight is 426 g/mol. The van der Waals surface area contributed by atoms with Crippen molar-refractivity contribution >= 4 is 17.3 Å². The third kappa shape index (κ3) is 4.27. The Balaban J connectivity index is 1.75. The number of hydrogen-bond donors (Lipinski definition) is 3. The minimum Gasteiger partial charge on any atom is -0.504 e. The Labute approximate surface area is 180 Å². The molecule has 1 aliphatic heterocycles. The van der Waals surface area contributed by atoms with E-state index >= 15 is 0 Å². The van der Waals surface area contributed by atoms with Gasteiger partial charge in [-0.25, -0.2) is 4.39 Å². The van der Waals surface area contributed by atoms with Crippen LogP contribution in [0.25, 0.3) is 5.70 Å². The number of nitrogens with one attached hydrogen (secondary N) is 1. The van der Waals surface area contributed by atoms with Gasteiger partial charge < -0.3 is 20.5 Å². The molecule has 0 aliphatic carbocycles. The Bertz CT molecular complexity index is 1050. The number of hydrogen-bond acceptors (Lipinski definition) is 3. The monoisotopic (exact) mass is 425 g/mol. The predicted octanol–water partition coefficient (Wildman–Crippen LogP) is 4.53. The van der Waals surface area contributed by atoms with Gasteiger partial charge in [0.15, 0.2) is 17.7 Å². The van der Waals surface area contributed by atoms with E-state index in [9.17, 15) is 9.50 Å². The van der Waals surface area contributed by atoms with Crippen LogP contribution in [0, 0.1) is 5.82 Å². The maximum absolute atomic E-state index is 13.4. The van der Waals surface area contributed by atoms with E-state index in [4.69, 9.17) is 16.3 Å². The summed E-state index contributed by atoms with van der Waals surface area (Å²) in [5, 5.41) is 17.1. The topological polar surface area (TPSA) is 58.1 Å². The highest BCUT2D eigenvalue weighted by atomic mass is 35.5. The van der Waals surface area contributed by atoms with Gasteiger partial charge >= 0.3 is 0 Å². The first-order valence-electron chi connectivity index (χ1n) is 9.84. The fraction of sp³-hybridized carbons (Fsp3) is 0.167. The van der Waals surface area contributed by atoms with Gasteiger partial charge in [-0.2, -0.15) is 0 Å². The summed E-state index contributed by atoms with van der Waals surface area (Å²) in [5.74, 6) is 0.315. The van der Waals surface area contributed by atoms with Gasteiger partial charge in [0.2, 0.25) is 0 Å². The van der Waals surface area contributed by atoms with Crippen LogP contribution in [0.2, 0.25) is 5.02 Å². The SMILES string of the molecule is CCOc1cccc(C2C=C(c3ccc(Cl)cc3)NC(c3ccc(F)cc3)[NH2+]2)c1O. The number of rotatable bonds is 5. The summed E-state index contributed by atoms with van der Waals surface area (Å²) in [4.78, 5) is 0. The van der Waals surface area contributed by atoms with Crippen molar-refractivity contribution in [1.29, 1.82) is 0 Å². The Hall–Kier alpha value is -3.02. The van der Waals surface area contributed by atoms with Gasteiger partial charge in [0.1, 0.15) is 11.9 Å². The van der Waals surface area contributed by atoms with Crippen molar-refractivity contribution in [1.82, 2.24) is 5.32 Å². The molecule has 0 aromatic heterocycles. The van der Waals surface area contributed by atoms with E-state index in [0.717, 1.165) is 22.4 Å². The summed E-state index contributed by atoms with van der Waals surface area (Å²) < 4.78 is 19.0. The molecule has 6 heteroatoms. The van der Waals surface area contributed by atoms with Crippen molar-refractivity contribution in [2.75, 3.05) is 6.61 Å². The highest BCUT2D eigenvalue weighted by Gasteiger charge is 2.30. The predicted molar refractivity (Wildman–Crippen MR) is 116 cm³/mol. The Morgan fingerprint density at radius 2 is 1.80 bits per heavy atom. The molecule has 4 nitrogen and oxygen atoms in total. The summed E-state index contributed by atoms with van der Waals surface area (Å²) in [6.45, 7) is 2.35. The molecule has 30 heavy (non-hydrogen) atoms. The molecule has 0 saturated carbocycles. The molecule has 4 N–H and O–H groups in total. The van der Waals surface area contributed by atoms with Gasteiger partial charge in [-0.05, 0) is 61.0 Å². The van der Waals surface area contributed by atoms with Crippen LogP contribution < -0.4 is 15.4 Å². The van der Waals surface area contributed by atoms with Gasteiger partial charge in [0, 0.05) is 22.4 Å². The van der Waals surface area contributed by atoms with Crippen LogP contribution in [0.5, 0.6) is 11.5 Å². The number of para-hydroxylation sites is 1. The molecule has 3 aromatic rings. The summed E-state index contributed by atoms with van der Waals surface area (Å²) in [6, 6.07) is 19.4.